The molecule has 0 amide bonds. The first kappa shape index (κ1) is 9.59. The third kappa shape index (κ3) is 1.24. The summed E-state index contributed by atoms with van der Waals surface area (Å²) < 4.78 is 0.699. The van der Waals surface area contributed by atoms with Crippen molar-refractivity contribution in [3.05, 3.63) is 40.8 Å². The summed E-state index contributed by atoms with van der Waals surface area (Å²) in [5.74, 6) is 0. The van der Waals surface area contributed by atoms with E-state index < -0.39 is 6.09 Å². The minimum atomic E-state index is -1.27. The normalized spacial score (nSPS) is 11.1. The Kier molecular flexibility index (Phi) is 1.79. The summed E-state index contributed by atoms with van der Waals surface area (Å²) in [5.41, 5.74) is 1.16. The van der Waals surface area contributed by atoms with Crippen LogP contribution in [0.15, 0.2) is 35.4 Å². The molecule has 0 radical (unpaired) electrons. The van der Waals surface area contributed by atoms with E-state index in [1.807, 2.05) is 6.07 Å². The van der Waals surface area contributed by atoms with Crippen LogP contribution in [0.5, 0.6) is 0 Å². The van der Waals surface area contributed by atoms with Gasteiger partial charge in [0, 0.05) is 23.2 Å². The summed E-state index contributed by atoms with van der Waals surface area (Å²) in [6.45, 7) is 0. The molecule has 84 valence electrons. The van der Waals surface area contributed by atoms with Gasteiger partial charge < -0.3 is 10.1 Å². The van der Waals surface area contributed by atoms with E-state index in [4.69, 9.17) is 5.11 Å². The van der Waals surface area contributed by atoms with Gasteiger partial charge in [0.15, 0.2) is 0 Å². The molecule has 1 aromatic rings. The molecule has 2 N–H and O–H groups in total. The molecular formula is C11H7N3O3. The van der Waals surface area contributed by atoms with E-state index in [1.54, 1.807) is 12.3 Å². The lowest BCUT2D eigenvalue weighted by atomic mass is 10.1. The van der Waals surface area contributed by atoms with Crippen molar-refractivity contribution >= 4 is 17.0 Å². The topological polar surface area (TPSA) is 88.0 Å². The number of fused-ring (bicyclic) bond motifs is 3. The van der Waals surface area contributed by atoms with Crippen LogP contribution in [-0.4, -0.2) is 26.0 Å². The quantitative estimate of drug-likeness (QED) is 0.609. The Labute approximate surface area is 94.5 Å². The van der Waals surface area contributed by atoms with Crippen LogP contribution in [0.25, 0.3) is 22.2 Å². The molecule has 17 heavy (non-hydrogen) atoms. The highest BCUT2D eigenvalue weighted by Gasteiger charge is 2.17. The first-order valence-corrected chi connectivity index (χ1v) is 4.90. The van der Waals surface area contributed by atoms with Gasteiger partial charge in [0.1, 0.15) is 5.52 Å². The van der Waals surface area contributed by atoms with Gasteiger partial charge in [-0.2, -0.15) is 9.78 Å². The highest BCUT2D eigenvalue weighted by atomic mass is 16.4. The number of aromatic amines is 1. The molecule has 0 spiro atoms. The minimum absolute atomic E-state index is 0.0876. The number of hydrogen-bond acceptors (Lipinski definition) is 3. The summed E-state index contributed by atoms with van der Waals surface area (Å²) in [6.07, 6.45) is 1.83. The zero-order valence-corrected chi connectivity index (χ0v) is 8.54. The van der Waals surface area contributed by atoms with Gasteiger partial charge in [0.25, 0.3) is 0 Å². The van der Waals surface area contributed by atoms with Crippen LogP contribution >= 0.6 is 0 Å². The Balaban J connectivity index is 2.57. The third-order valence-corrected chi connectivity index (χ3v) is 2.64. The van der Waals surface area contributed by atoms with Crippen molar-refractivity contribution in [3.8, 4) is 11.3 Å². The molecule has 0 saturated heterocycles. The summed E-state index contributed by atoms with van der Waals surface area (Å²) in [4.78, 5) is 25.7. The fourth-order valence-electron chi connectivity index (χ4n) is 1.93. The van der Waals surface area contributed by atoms with E-state index in [0.29, 0.717) is 15.8 Å². The van der Waals surface area contributed by atoms with Crippen molar-refractivity contribution in [1.29, 1.82) is 0 Å². The molecule has 2 aliphatic rings. The van der Waals surface area contributed by atoms with Crippen molar-refractivity contribution in [3.63, 3.8) is 0 Å². The minimum Gasteiger partial charge on any atom is -0.463 e. The zero-order chi connectivity index (χ0) is 12.0. The van der Waals surface area contributed by atoms with Crippen LogP contribution in [-0.2, 0) is 0 Å². The average Bonchev–Trinajstić information content (AvgIpc) is 2.74. The standard InChI is InChI=1S/C11H7N3O3/c15-9-4-8-6(2-1-3-12-8)7-5-13-14(10(7)9)11(16)17/h1-5,12H,(H,16,17). The number of carbonyl (C=O) groups is 1. The lowest BCUT2D eigenvalue weighted by molar-refractivity contribution is 0.194. The third-order valence-electron chi connectivity index (χ3n) is 2.64. The highest BCUT2D eigenvalue weighted by Crippen LogP contribution is 2.25. The lowest BCUT2D eigenvalue weighted by Gasteiger charge is -2.05. The van der Waals surface area contributed by atoms with Crippen LogP contribution in [0.3, 0.4) is 0 Å². The molecule has 1 aliphatic heterocycles. The van der Waals surface area contributed by atoms with E-state index >= 15 is 0 Å². The molecule has 6 nitrogen and oxygen atoms in total. The summed E-state index contributed by atoms with van der Waals surface area (Å²) >= 11 is 0. The summed E-state index contributed by atoms with van der Waals surface area (Å²) in [5, 5.41) is 13.2. The Morgan fingerprint density at radius 1 is 1.47 bits per heavy atom. The van der Waals surface area contributed by atoms with Gasteiger partial charge >= 0.3 is 6.09 Å². The molecular weight excluding hydrogens is 222 g/mol. The zero-order valence-electron chi connectivity index (χ0n) is 8.54. The second kappa shape index (κ2) is 3.18. The van der Waals surface area contributed by atoms with Gasteiger partial charge in [-0.15, -0.1) is 0 Å². The number of nitrogens with one attached hydrogen (secondary N) is 1. The predicted octanol–water partition coefficient (Wildman–Crippen LogP) is 1.36. The first-order valence-electron chi connectivity index (χ1n) is 4.90. The molecule has 3 rings (SSSR count). The van der Waals surface area contributed by atoms with Crippen LogP contribution in [0, 0.1) is 0 Å². The maximum Gasteiger partial charge on any atom is 0.432 e. The summed E-state index contributed by atoms with van der Waals surface area (Å²) in [6, 6.07) is 4.96. The van der Waals surface area contributed by atoms with Crippen molar-refractivity contribution < 1.29 is 9.90 Å². The Morgan fingerprint density at radius 3 is 3.06 bits per heavy atom. The predicted molar refractivity (Wildman–Crippen MR) is 60.4 cm³/mol. The highest BCUT2D eigenvalue weighted by molar-refractivity contribution is 5.97. The van der Waals surface area contributed by atoms with Gasteiger partial charge in [-0.3, -0.25) is 4.79 Å². The average molecular weight is 229 g/mol. The molecule has 1 aromatic heterocycles. The molecule has 0 bridgehead atoms. The van der Waals surface area contributed by atoms with Crippen LogP contribution in [0.2, 0.25) is 0 Å². The Hall–Kier alpha value is -2.63. The van der Waals surface area contributed by atoms with E-state index in [0.717, 1.165) is 5.56 Å². The van der Waals surface area contributed by atoms with Crippen LogP contribution in [0.4, 0.5) is 4.79 Å². The van der Waals surface area contributed by atoms with E-state index in [1.165, 1.54) is 12.3 Å². The Bertz CT molecular complexity index is 756. The maximum atomic E-state index is 11.8. The fraction of sp³-hybridized carbons (Fsp3) is 0. The van der Waals surface area contributed by atoms with Gasteiger partial charge in [-0.25, -0.2) is 4.79 Å². The fourth-order valence-corrected chi connectivity index (χ4v) is 1.93. The largest absolute Gasteiger partial charge is 0.463 e. The Morgan fingerprint density at radius 2 is 2.29 bits per heavy atom. The molecule has 0 atom stereocenters. The van der Waals surface area contributed by atoms with E-state index in [2.05, 4.69) is 10.1 Å². The second-order valence-electron chi connectivity index (χ2n) is 3.61. The van der Waals surface area contributed by atoms with Gasteiger partial charge in [0.2, 0.25) is 5.43 Å². The number of H-pyrrole nitrogens is 1. The number of hydrogen-bond donors (Lipinski definition) is 2. The number of benzene rings is 1. The number of rotatable bonds is 0. The SMILES string of the molecule is O=C(O)n1ncc2c3ccc[nH]c-3cc(=O)c21. The second-order valence-corrected chi connectivity index (χ2v) is 3.61. The maximum absolute atomic E-state index is 11.8. The number of carboxylic acid groups (broad SMARTS) is 1. The number of nitrogens with zero attached hydrogens (tertiary/aromatic N) is 2. The molecule has 2 heterocycles. The molecule has 0 unspecified atom stereocenters. The molecule has 0 fully saturated rings. The van der Waals surface area contributed by atoms with Gasteiger partial charge in [-0.1, -0.05) is 6.07 Å². The van der Waals surface area contributed by atoms with Crippen molar-refractivity contribution in [2.75, 3.05) is 0 Å². The van der Waals surface area contributed by atoms with Gasteiger partial charge in [0.05, 0.1) is 11.9 Å². The first-order chi connectivity index (χ1) is 8.18. The smallest absolute Gasteiger partial charge is 0.432 e. The number of aromatic nitrogens is 3. The molecule has 6 heteroatoms. The number of pyridine rings is 1. The van der Waals surface area contributed by atoms with Crippen molar-refractivity contribution in [2.24, 2.45) is 0 Å². The van der Waals surface area contributed by atoms with Crippen molar-refractivity contribution in [1.82, 2.24) is 14.8 Å². The molecule has 0 saturated carbocycles. The lowest BCUT2D eigenvalue weighted by Crippen LogP contribution is -2.15. The molecule has 0 aromatic carbocycles. The summed E-state index contributed by atoms with van der Waals surface area (Å²) in [7, 11) is 0. The molecule has 1 aliphatic carbocycles. The van der Waals surface area contributed by atoms with Crippen molar-refractivity contribution in [2.45, 2.75) is 0 Å². The van der Waals surface area contributed by atoms with Crippen LogP contribution < -0.4 is 5.43 Å². The monoisotopic (exact) mass is 229 g/mol. The van der Waals surface area contributed by atoms with E-state index in [9.17, 15) is 9.59 Å². The van der Waals surface area contributed by atoms with Gasteiger partial charge in [-0.05, 0) is 6.07 Å². The van der Waals surface area contributed by atoms with E-state index in [-0.39, 0.29) is 10.9 Å². The van der Waals surface area contributed by atoms with Crippen LogP contribution in [0.1, 0.15) is 0 Å².